The van der Waals surface area contributed by atoms with E-state index in [9.17, 15) is 29.7 Å². The number of phenolic OH excluding ortho intramolecular Hbond substituents is 4. The van der Waals surface area contributed by atoms with Gasteiger partial charge in [0.05, 0.1) is 5.56 Å². The minimum absolute atomic E-state index is 0.0802. The first-order valence-electron chi connectivity index (χ1n) is 8.73. The number of allylic oxidation sites excluding steroid dienone is 1. The monoisotopic (exact) mass is 404 g/mol. The van der Waals surface area contributed by atoms with Crippen LogP contribution in [0.1, 0.15) is 31.8 Å². The number of hydrogen-bond acceptors (Lipinski definition) is 7. The average molecular weight is 404 g/mol. The Morgan fingerprint density at radius 1 is 0.733 bits per heavy atom. The Balaban J connectivity index is 0.000000184. The summed E-state index contributed by atoms with van der Waals surface area (Å²) in [5.74, 6) is -3.45. The van der Waals surface area contributed by atoms with Crippen molar-refractivity contribution in [2.75, 3.05) is 0 Å². The largest absolute Gasteiger partial charge is 0.508 e. The van der Waals surface area contributed by atoms with Crippen LogP contribution < -0.4 is 0 Å². The summed E-state index contributed by atoms with van der Waals surface area (Å²) >= 11 is 0. The molecule has 0 unspecified atom stereocenters. The molecule has 150 valence electrons. The highest BCUT2D eigenvalue weighted by atomic mass is 16.3. The molecule has 0 spiro atoms. The summed E-state index contributed by atoms with van der Waals surface area (Å²) < 4.78 is 0. The third kappa shape index (κ3) is 4.05. The lowest BCUT2D eigenvalue weighted by atomic mass is 9.96. The van der Waals surface area contributed by atoms with Gasteiger partial charge in [-0.25, -0.2) is 0 Å². The van der Waals surface area contributed by atoms with Crippen LogP contribution in [0.25, 0.3) is 6.08 Å². The van der Waals surface area contributed by atoms with Gasteiger partial charge in [-0.2, -0.15) is 0 Å². The van der Waals surface area contributed by atoms with Crippen LogP contribution in [0.4, 0.5) is 0 Å². The summed E-state index contributed by atoms with van der Waals surface area (Å²) in [5.41, 5.74) is 1.33. The van der Waals surface area contributed by atoms with Crippen molar-refractivity contribution in [3.63, 3.8) is 0 Å². The Morgan fingerprint density at radius 2 is 1.47 bits per heavy atom. The molecule has 0 bridgehead atoms. The Kier molecular flexibility index (Phi) is 5.64. The zero-order valence-electron chi connectivity index (χ0n) is 15.4. The molecule has 7 heteroatoms. The summed E-state index contributed by atoms with van der Waals surface area (Å²) in [4.78, 5) is 34.2. The number of carbonyl (C=O) groups is 3. The van der Waals surface area contributed by atoms with E-state index in [-0.39, 0.29) is 16.9 Å². The molecule has 0 aliphatic heterocycles. The molecule has 0 saturated heterocycles. The number of fused-ring (bicyclic) bond motifs is 1. The highest BCUT2D eigenvalue weighted by Gasteiger charge is 2.20. The molecule has 3 aromatic carbocycles. The molecule has 0 aromatic heterocycles. The lowest BCUT2D eigenvalue weighted by molar-refractivity contribution is -0.110. The van der Waals surface area contributed by atoms with Crippen molar-refractivity contribution in [2.45, 2.75) is 0 Å². The van der Waals surface area contributed by atoms with E-state index >= 15 is 0 Å². The summed E-state index contributed by atoms with van der Waals surface area (Å²) in [6.45, 7) is 0. The first-order valence-corrected chi connectivity index (χ1v) is 8.73. The summed E-state index contributed by atoms with van der Waals surface area (Å²) in [6, 6.07) is 15.0. The molecule has 4 N–H and O–H groups in total. The molecular weight excluding hydrogens is 388 g/mol. The molecule has 7 nitrogen and oxygen atoms in total. The second-order valence-corrected chi connectivity index (χ2v) is 6.32. The Labute approximate surface area is 170 Å². The van der Waals surface area contributed by atoms with Crippen molar-refractivity contribution < 1.29 is 34.8 Å². The minimum Gasteiger partial charge on any atom is -0.508 e. The highest BCUT2D eigenvalue weighted by molar-refractivity contribution is 6.49. The lowest BCUT2D eigenvalue weighted by Gasteiger charge is -2.07. The molecule has 4 rings (SSSR count). The number of phenols is 4. The first-order chi connectivity index (χ1) is 14.3. The van der Waals surface area contributed by atoms with Crippen molar-refractivity contribution in [1.82, 2.24) is 0 Å². The van der Waals surface area contributed by atoms with Gasteiger partial charge in [0.2, 0.25) is 17.3 Å². The molecular formula is C23H16O7. The van der Waals surface area contributed by atoms with E-state index in [4.69, 9.17) is 5.11 Å². The number of hydrogen-bond donors (Lipinski definition) is 4. The minimum atomic E-state index is -0.749. The molecule has 0 radical (unpaired) electrons. The van der Waals surface area contributed by atoms with E-state index in [2.05, 4.69) is 0 Å². The van der Waals surface area contributed by atoms with Gasteiger partial charge in [-0.15, -0.1) is 0 Å². The number of ketones is 3. The smallest absolute Gasteiger partial charge is 0.233 e. The molecule has 0 amide bonds. The summed E-state index contributed by atoms with van der Waals surface area (Å²) in [6.07, 6.45) is 2.98. The summed E-state index contributed by atoms with van der Waals surface area (Å²) in [7, 11) is 0. The van der Waals surface area contributed by atoms with Crippen molar-refractivity contribution in [3.05, 3.63) is 89.0 Å². The van der Waals surface area contributed by atoms with E-state index in [1.807, 2.05) is 12.1 Å². The third-order valence-electron chi connectivity index (χ3n) is 4.33. The second kappa shape index (κ2) is 8.32. The zero-order chi connectivity index (χ0) is 21.8. The van der Waals surface area contributed by atoms with Crippen LogP contribution in [-0.2, 0) is 4.79 Å². The predicted molar refractivity (Wildman–Crippen MR) is 108 cm³/mol. The fraction of sp³-hybridized carbons (Fsp3) is 0. The molecule has 0 fully saturated rings. The lowest BCUT2D eigenvalue weighted by Crippen LogP contribution is -2.15. The van der Waals surface area contributed by atoms with Gasteiger partial charge >= 0.3 is 0 Å². The first kappa shape index (κ1) is 20.3. The number of benzene rings is 3. The SMILES string of the molecule is O=C(c1cccc(O)c1)c1ccc(O)c(O)c1O.O=C1C=Cc2ccccc2C1=O. The predicted octanol–water partition coefficient (Wildman–Crippen LogP) is 3.21. The van der Waals surface area contributed by atoms with Gasteiger partial charge in [-0.3, -0.25) is 14.4 Å². The number of Topliss-reactive ketones (excluding diaryl/α,β-unsaturated/α-hetero) is 1. The molecule has 0 saturated carbocycles. The van der Waals surface area contributed by atoms with Crippen molar-refractivity contribution >= 4 is 23.4 Å². The van der Waals surface area contributed by atoms with Crippen LogP contribution in [0.15, 0.2) is 66.7 Å². The van der Waals surface area contributed by atoms with E-state index in [0.717, 1.165) is 11.6 Å². The van der Waals surface area contributed by atoms with Gasteiger partial charge in [0.15, 0.2) is 17.3 Å². The molecule has 1 aliphatic carbocycles. The average Bonchev–Trinajstić information content (AvgIpc) is 2.75. The molecule has 1 aliphatic rings. The van der Waals surface area contributed by atoms with E-state index in [0.29, 0.717) is 5.56 Å². The molecule has 3 aromatic rings. The highest BCUT2D eigenvalue weighted by Crippen LogP contribution is 2.38. The van der Waals surface area contributed by atoms with Crippen LogP contribution in [0.3, 0.4) is 0 Å². The number of aromatic hydroxyl groups is 4. The van der Waals surface area contributed by atoms with Gasteiger partial charge in [-0.05, 0) is 35.9 Å². The maximum atomic E-state index is 12.0. The van der Waals surface area contributed by atoms with Gasteiger partial charge < -0.3 is 20.4 Å². The van der Waals surface area contributed by atoms with Crippen LogP contribution in [0.5, 0.6) is 23.0 Å². The maximum absolute atomic E-state index is 12.0. The normalized spacial score (nSPS) is 12.0. The standard InChI is InChI=1S/C13H10O5.C10H6O2/c14-8-3-1-2-7(6-8)11(16)9-4-5-10(15)13(18)12(9)17;11-9-6-5-7-3-1-2-4-8(7)10(9)12/h1-6,14-15,17-18H;1-6H. The number of carbonyl (C=O) groups excluding carboxylic acids is 3. The van der Waals surface area contributed by atoms with Crippen molar-refractivity contribution in [1.29, 1.82) is 0 Å². The van der Waals surface area contributed by atoms with Gasteiger partial charge in [0.1, 0.15) is 5.75 Å². The van der Waals surface area contributed by atoms with E-state index in [1.165, 1.54) is 36.4 Å². The molecule has 30 heavy (non-hydrogen) atoms. The van der Waals surface area contributed by atoms with E-state index < -0.39 is 34.6 Å². The van der Waals surface area contributed by atoms with Crippen LogP contribution in [0, 0.1) is 0 Å². The van der Waals surface area contributed by atoms with Crippen molar-refractivity contribution in [3.8, 4) is 23.0 Å². The summed E-state index contributed by atoms with van der Waals surface area (Å²) in [5, 5.41) is 37.4. The molecule has 0 heterocycles. The molecule has 0 atom stereocenters. The van der Waals surface area contributed by atoms with Gasteiger partial charge in [0, 0.05) is 11.1 Å². The van der Waals surface area contributed by atoms with Gasteiger partial charge in [-0.1, -0.05) is 42.5 Å². The second-order valence-electron chi connectivity index (χ2n) is 6.32. The Hall–Kier alpha value is -4.39. The third-order valence-corrected chi connectivity index (χ3v) is 4.33. The Morgan fingerprint density at radius 3 is 2.20 bits per heavy atom. The van der Waals surface area contributed by atoms with E-state index in [1.54, 1.807) is 18.2 Å². The Bertz CT molecular complexity index is 1190. The quantitative estimate of drug-likeness (QED) is 0.293. The topological polar surface area (TPSA) is 132 Å². The van der Waals surface area contributed by atoms with Crippen molar-refractivity contribution in [2.24, 2.45) is 0 Å². The maximum Gasteiger partial charge on any atom is 0.233 e. The number of rotatable bonds is 2. The van der Waals surface area contributed by atoms with Gasteiger partial charge in [0.25, 0.3) is 0 Å². The van der Waals surface area contributed by atoms with Crippen LogP contribution >= 0.6 is 0 Å². The van der Waals surface area contributed by atoms with Crippen LogP contribution in [-0.4, -0.2) is 37.8 Å². The zero-order valence-corrected chi connectivity index (χ0v) is 15.4. The van der Waals surface area contributed by atoms with Crippen LogP contribution in [0.2, 0.25) is 0 Å². The fourth-order valence-corrected chi connectivity index (χ4v) is 2.78. The fourth-order valence-electron chi connectivity index (χ4n) is 2.78.